The summed E-state index contributed by atoms with van der Waals surface area (Å²) in [5.74, 6) is 2.23. The van der Waals surface area contributed by atoms with Crippen molar-refractivity contribution in [3.05, 3.63) is 18.0 Å². The number of hydrogen-bond acceptors (Lipinski definition) is 6. The quantitative estimate of drug-likeness (QED) is 0.792. The zero-order chi connectivity index (χ0) is 17.8. The molecule has 1 amide bonds. The van der Waals surface area contributed by atoms with Crippen LogP contribution in [0.2, 0.25) is 0 Å². The lowest BCUT2D eigenvalue weighted by Gasteiger charge is -2.32. The normalized spacial score (nSPS) is 15.9. The number of fused-ring (bicyclic) bond motifs is 1. The molecule has 0 unspecified atom stereocenters. The monoisotopic (exact) mass is 346 g/mol. The van der Waals surface area contributed by atoms with Crippen LogP contribution in [0.3, 0.4) is 0 Å². The summed E-state index contributed by atoms with van der Waals surface area (Å²) in [6.07, 6.45) is 1.66. The van der Waals surface area contributed by atoms with Crippen LogP contribution in [-0.4, -0.2) is 59.1 Å². The summed E-state index contributed by atoms with van der Waals surface area (Å²) in [6.45, 7) is 6.92. The van der Waals surface area contributed by atoms with Crippen molar-refractivity contribution < 1.29 is 9.53 Å². The van der Waals surface area contributed by atoms with Crippen molar-refractivity contribution in [2.24, 2.45) is 5.92 Å². The molecule has 0 spiro atoms. The van der Waals surface area contributed by atoms with E-state index in [4.69, 9.17) is 9.84 Å². The van der Waals surface area contributed by atoms with Crippen LogP contribution in [0.1, 0.15) is 38.4 Å². The number of ether oxygens (including phenoxy) is 1. The summed E-state index contributed by atoms with van der Waals surface area (Å²) in [7, 11) is 1.63. The van der Waals surface area contributed by atoms with E-state index in [1.807, 2.05) is 16.6 Å². The van der Waals surface area contributed by atoms with Crippen LogP contribution in [-0.2, 0) is 9.53 Å². The van der Waals surface area contributed by atoms with Crippen LogP contribution in [0.4, 0.5) is 5.82 Å². The van der Waals surface area contributed by atoms with Crippen molar-refractivity contribution in [1.82, 2.24) is 25.1 Å². The average Bonchev–Trinajstić information content (AvgIpc) is 3.05. The minimum absolute atomic E-state index is 0.0676. The maximum absolute atomic E-state index is 12.2. The maximum Gasteiger partial charge on any atom is 0.223 e. The molecule has 0 aromatic carbocycles. The number of carbonyl (C=O) groups excluding carboxylic acids is 1. The predicted octanol–water partition coefficient (Wildman–Crippen LogP) is 1.23. The Morgan fingerprint density at radius 1 is 1.32 bits per heavy atom. The molecule has 3 rings (SSSR count). The largest absolute Gasteiger partial charge is 0.383 e. The zero-order valence-electron chi connectivity index (χ0n) is 15.1. The second-order valence-electron chi connectivity index (χ2n) is 6.72. The van der Waals surface area contributed by atoms with Crippen LogP contribution in [0, 0.1) is 5.92 Å². The highest BCUT2D eigenvalue weighted by Gasteiger charge is 2.25. The van der Waals surface area contributed by atoms with E-state index in [1.54, 1.807) is 7.11 Å². The number of rotatable bonds is 6. The lowest BCUT2D eigenvalue weighted by Crippen LogP contribution is -2.41. The van der Waals surface area contributed by atoms with Gasteiger partial charge in [0.1, 0.15) is 5.82 Å². The molecule has 8 nitrogen and oxygen atoms in total. The first-order chi connectivity index (χ1) is 12.1. The lowest BCUT2D eigenvalue weighted by molar-refractivity contribution is -0.125. The Labute approximate surface area is 147 Å². The van der Waals surface area contributed by atoms with Crippen molar-refractivity contribution in [3.63, 3.8) is 0 Å². The molecule has 1 aliphatic heterocycles. The number of piperidine rings is 1. The molecular weight excluding hydrogens is 320 g/mol. The smallest absolute Gasteiger partial charge is 0.223 e. The Balaban J connectivity index is 1.64. The van der Waals surface area contributed by atoms with Gasteiger partial charge in [-0.15, -0.1) is 15.3 Å². The Morgan fingerprint density at radius 2 is 2.08 bits per heavy atom. The third kappa shape index (κ3) is 3.89. The van der Waals surface area contributed by atoms with E-state index in [0.717, 1.165) is 43.2 Å². The molecule has 1 N–H and O–H groups in total. The maximum atomic E-state index is 12.2. The van der Waals surface area contributed by atoms with E-state index in [2.05, 4.69) is 34.3 Å². The molecule has 8 heteroatoms. The fraction of sp³-hybridized carbons (Fsp3) is 0.647. The molecule has 0 radical (unpaired) electrons. The van der Waals surface area contributed by atoms with E-state index in [1.165, 1.54) is 0 Å². The predicted molar refractivity (Wildman–Crippen MR) is 94.7 cm³/mol. The fourth-order valence-corrected chi connectivity index (χ4v) is 3.12. The zero-order valence-corrected chi connectivity index (χ0v) is 15.1. The van der Waals surface area contributed by atoms with Gasteiger partial charge in [0.2, 0.25) is 5.91 Å². The van der Waals surface area contributed by atoms with Crippen molar-refractivity contribution in [3.8, 4) is 0 Å². The number of nitrogens with zero attached hydrogens (tertiary/aromatic N) is 5. The van der Waals surface area contributed by atoms with Crippen molar-refractivity contribution in [2.75, 3.05) is 38.3 Å². The van der Waals surface area contributed by atoms with Gasteiger partial charge in [0.25, 0.3) is 0 Å². The Hall–Kier alpha value is -2.22. The van der Waals surface area contributed by atoms with Gasteiger partial charge in [-0.3, -0.25) is 4.79 Å². The molecule has 3 heterocycles. The molecule has 25 heavy (non-hydrogen) atoms. The first kappa shape index (κ1) is 17.6. The molecule has 0 aliphatic carbocycles. The molecule has 1 fully saturated rings. The third-order valence-corrected chi connectivity index (χ3v) is 4.58. The molecule has 0 atom stereocenters. The number of carbonyl (C=O) groups is 1. The summed E-state index contributed by atoms with van der Waals surface area (Å²) >= 11 is 0. The fourth-order valence-electron chi connectivity index (χ4n) is 3.12. The molecule has 1 aliphatic rings. The molecule has 136 valence electrons. The minimum Gasteiger partial charge on any atom is -0.383 e. The Morgan fingerprint density at radius 3 is 2.76 bits per heavy atom. The minimum atomic E-state index is 0.0676. The van der Waals surface area contributed by atoms with Crippen LogP contribution in [0.5, 0.6) is 0 Å². The summed E-state index contributed by atoms with van der Waals surface area (Å²) in [5, 5.41) is 16.0. The highest BCUT2D eigenvalue weighted by atomic mass is 16.5. The number of methoxy groups -OCH3 is 1. The van der Waals surface area contributed by atoms with Gasteiger partial charge in [-0.05, 0) is 25.0 Å². The number of aromatic nitrogens is 4. The summed E-state index contributed by atoms with van der Waals surface area (Å²) in [5.41, 5.74) is 0.764. The second kappa shape index (κ2) is 7.77. The summed E-state index contributed by atoms with van der Waals surface area (Å²) in [6, 6.07) is 3.93. The van der Waals surface area contributed by atoms with Crippen LogP contribution < -0.4 is 10.2 Å². The summed E-state index contributed by atoms with van der Waals surface area (Å²) < 4.78 is 6.79. The highest BCUT2D eigenvalue weighted by molar-refractivity contribution is 5.78. The first-order valence-corrected chi connectivity index (χ1v) is 8.84. The number of nitrogens with one attached hydrogen (secondary N) is 1. The van der Waals surface area contributed by atoms with Crippen LogP contribution in [0.25, 0.3) is 5.65 Å². The van der Waals surface area contributed by atoms with E-state index in [0.29, 0.717) is 13.2 Å². The van der Waals surface area contributed by atoms with Gasteiger partial charge < -0.3 is 15.0 Å². The third-order valence-electron chi connectivity index (χ3n) is 4.58. The standard InChI is InChI=1S/C17H26N6O2/c1-12(2)16-20-19-14-4-5-15(21-23(14)16)22-9-6-13(7-10-22)17(24)18-8-11-25-3/h4-5,12-13H,6-11H2,1-3H3,(H,18,24). The van der Waals surface area contributed by atoms with E-state index < -0.39 is 0 Å². The van der Waals surface area contributed by atoms with Gasteiger partial charge in [-0.2, -0.15) is 4.52 Å². The highest BCUT2D eigenvalue weighted by Crippen LogP contribution is 2.23. The number of anilines is 1. The Kier molecular flexibility index (Phi) is 5.47. The van der Waals surface area contributed by atoms with Crippen molar-refractivity contribution >= 4 is 17.4 Å². The second-order valence-corrected chi connectivity index (χ2v) is 6.72. The van der Waals surface area contributed by atoms with Gasteiger partial charge in [-0.25, -0.2) is 0 Å². The number of hydrogen-bond donors (Lipinski definition) is 1. The van der Waals surface area contributed by atoms with Crippen LogP contribution >= 0.6 is 0 Å². The van der Waals surface area contributed by atoms with Crippen molar-refractivity contribution in [2.45, 2.75) is 32.6 Å². The van der Waals surface area contributed by atoms with Gasteiger partial charge in [-0.1, -0.05) is 13.8 Å². The molecule has 0 bridgehead atoms. The molecular formula is C17H26N6O2. The van der Waals surface area contributed by atoms with Gasteiger partial charge in [0, 0.05) is 38.6 Å². The molecule has 2 aromatic heterocycles. The SMILES string of the molecule is COCCNC(=O)C1CCN(c2ccc3nnc(C(C)C)n3n2)CC1. The van der Waals surface area contributed by atoms with Crippen molar-refractivity contribution in [1.29, 1.82) is 0 Å². The van der Waals surface area contributed by atoms with E-state index in [-0.39, 0.29) is 17.7 Å². The average molecular weight is 346 g/mol. The molecule has 0 saturated carbocycles. The number of amides is 1. The van der Waals surface area contributed by atoms with Crippen LogP contribution in [0.15, 0.2) is 12.1 Å². The van der Waals surface area contributed by atoms with Gasteiger partial charge >= 0.3 is 0 Å². The van der Waals surface area contributed by atoms with Gasteiger partial charge in [0.15, 0.2) is 11.5 Å². The Bertz CT molecular complexity index is 721. The molecule has 2 aromatic rings. The lowest BCUT2D eigenvalue weighted by atomic mass is 9.96. The first-order valence-electron chi connectivity index (χ1n) is 8.84. The van der Waals surface area contributed by atoms with Gasteiger partial charge in [0.05, 0.1) is 6.61 Å². The topological polar surface area (TPSA) is 84.6 Å². The van der Waals surface area contributed by atoms with E-state index >= 15 is 0 Å². The summed E-state index contributed by atoms with van der Waals surface area (Å²) in [4.78, 5) is 14.4. The van der Waals surface area contributed by atoms with E-state index in [9.17, 15) is 4.79 Å². The molecule has 1 saturated heterocycles.